The lowest BCUT2D eigenvalue weighted by atomic mass is 9.95. The van der Waals surface area contributed by atoms with Crippen molar-refractivity contribution in [1.82, 2.24) is 4.90 Å². The second-order valence-electron chi connectivity index (χ2n) is 9.15. The van der Waals surface area contributed by atoms with E-state index < -0.39 is 0 Å². The van der Waals surface area contributed by atoms with Gasteiger partial charge in [-0.05, 0) is 73.6 Å². The van der Waals surface area contributed by atoms with Gasteiger partial charge in [0, 0.05) is 13.1 Å². The van der Waals surface area contributed by atoms with Crippen LogP contribution in [0.1, 0.15) is 38.9 Å². The lowest BCUT2D eigenvalue weighted by Gasteiger charge is -2.31. The van der Waals surface area contributed by atoms with E-state index in [9.17, 15) is 9.59 Å². The molecular formula is C29H28N2O2. The predicted molar refractivity (Wildman–Crippen MR) is 132 cm³/mol. The highest BCUT2D eigenvalue weighted by Gasteiger charge is 2.43. The van der Waals surface area contributed by atoms with Crippen molar-refractivity contribution in [2.75, 3.05) is 11.4 Å². The summed E-state index contributed by atoms with van der Waals surface area (Å²) < 4.78 is 0. The van der Waals surface area contributed by atoms with E-state index in [-0.39, 0.29) is 11.8 Å². The Bertz CT molecular complexity index is 1340. The van der Waals surface area contributed by atoms with Gasteiger partial charge in [-0.2, -0.15) is 0 Å². The largest absolute Gasteiger partial charge is 0.362 e. The van der Waals surface area contributed by atoms with Gasteiger partial charge in [0.05, 0.1) is 11.3 Å². The third-order valence-electron chi connectivity index (χ3n) is 6.97. The zero-order valence-corrected chi connectivity index (χ0v) is 19.6. The van der Waals surface area contributed by atoms with E-state index in [0.717, 1.165) is 34.2 Å². The number of benzene rings is 3. The average molecular weight is 437 g/mol. The molecule has 2 aliphatic rings. The Hall–Kier alpha value is -3.66. The molecule has 0 aliphatic carbocycles. The summed E-state index contributed by atoms with van der Waals surface area (Å²) in [4.78, 5) is 31.4. The SMILES string of the molecule is Cc1ccc(C2=C(N3CCc4ccccc4C3)C(=O)N(c3cccc(C)c3C)C2=O)c(C)c1. The van der Waals surface area contributed by atoms with Crippen LogP contribution in [0.25, 0.3) is 5.57 Å². The van der Waals surface area contributed by atoms with E-state index >= 15 is 0 Å². The molecule has 2 amide bonds. The zero-order chi connectivity index (χ0) is 23.3. The lowest BCUT2D eigenvalue weighted by molar-refractivity contribution is -0.120. The van der Waals surface area contributed by atoms with Crippen LogP contribution in [-0.2, 0) is 22.6 Å². The highest BCUT2D eigenvalue weighted by molar-refractivity contribution is 6.45. The maximum absolute atomic E-state index is 14.0. The molecule has 2 aliphatic heterocycles. The number of anilines is 1. The van der Waals surface area contributed by atoms with E-state index in [4.69, 9.17) is 0 Å². The second kappa shape index (κ2) is 8.04. The van der Waals surface area contributed by atoms with Gasteiger partial charge in [-0.25, -0.2) is 4.90 Å². The third-order valence-corrected chi connectivity index (χ3v) is 6.97. The van der Waals surface area contributed by atoms with Crippen LogP contribution in [0.5, 0.6) is 0 Å². The molecule has 4 nitrogen and oxygen atoms in total. The van der Waals surface area contributed by atoms with Gasteiger partial charge in [0.25, 0.3) is 11.8 Å². The van der Waals surface area contributed by atoms with Crippen molar-refractivity contribution in [3.8, 4) is 0 Å². The fourth-order valence-electron chi connectivity index (χ4n) is 5.03. The van der Waals surface area contributed by atoms with Crippen molar-refractivity contribution < 1.29 is 9.59 Å². The maximum atomic E-state index is 14.0. The first-order valence-electron chi connectivity index (χ1n) is 11.5. The Morgan fingerprint density at radius 2 is 1.52 bits per heavy atom. The Kier molecular flexibility index (Phi) is 5.16. The Balaban J connectivity index is 1.67. The molecule has 0 spiro atoms. The highest BCUT2D eigenvalue weighted by Crippen LogP contribution is 2.39. The molecule has 0 saturated heterocycles. The van der Waals surface area contributed by atoms with Gasteiger partial charge in [0.2, 0.25) is 0 Å². The predicted octanol–water partition coefficient (Wildman–Crippen LogP) is 5.26. The van der Waals surface area contributed by atoms with Crippen LogP contribution in [0.4, 0.5) is 5.69 Å². The summed E-state index contributed by atoms with van der Waals surface area (Å²) in [6, 6.07) is 20.2. The van der Waals surface area contributed by atoms with Crippen molar-refractivity contribution in [1.29, 1.82) is 0 Å². The molecule has 4 heteroatoms. The number of aryl methyl sites for hydroxylation is 3. The van der Waals surface area contributed by atoms with Crippen LogP contribution >= 0.6 is 0 Å². The van der Waals surface area contributed by atoms with Crippen molar-refractivity contribution in [2.24, 2.45) is 0 Å². The number of hydrogen-bond acceptors (Lipinski definition) is 3. The fraction of sp³-hybridized carbons (Fsp3) is 0.241. The molecule has 0 N–H and O–H groups in total. The van der Waals surface area contributed by atoms with E-state index in [1.165, 1.54) is 16.0 Å². The summed E-state index contributed by atoms with van der Waals surface area (Å²) in [6.07, 6.45) is 0.852. The second-order valence-corrected chi connectivity index (χ2v) is 9.15. The van der Waals surface area contributed by atoms with Crippen molar-refractivity contribution >= 4 is 23.1 Å². The number of fused-ring (bicyclic) bond motifs is 1. The van der Waals surface area contributed by atoms with Gasteiger partial charge in [0.1, 0.15) is 5.70 Å². The number of carbonyl (C=O) groups excluding carboxylic acids is 2. The zero-order valence-electron chi connectivity index (χ0n) is 19.6. The quantitative estimate of drug-likeness (QED) is 0.526. The topological polar surface area (TPSA) is 40.6 Å². The Morgan fingerprint density at radius 3 is 2.27 bits per heavy atom. The molecular weight excluding hydrogens is 408 g/mol. The van der Waals surface area contributed by atoms with Gasteiger partial charge in [-0.1, -0.05) is 60.2 Å². The summed E-state index contributed by atoms with van der Waals surface area (Å²) >= 11 is 0. The molecule has 3 aromatic carbocycles. The summed E-state index contributed by atoms with van der Waals surface area (Å²) in [5.41, 5.74) is 9.19. The van der Waals surface area contributed by atoms with E-state index in [2.05, 4.69) is 29.2 Å². The number of nitrogens with zero attached hydrogens (tertiary/aromatic N) is 2. The normalized spacial score (nSPS) is 16.0. The lowest BCUT2D eigenvalue weighted by Crippen LogP contribution is -2.37. The van der Waals surface area contributed by atoms with Crippen LogP contribution in [-0.4, -0.2) is 23.3 Å². The maximum Gasteiger partial charge on any atom is 0.282 e. The minimum atomic E-state index is -0.241. The van der Waals surface area contributed by atoms with Crippen LogP contribution < -0.4 is 4.90 Å². The molecule has 0 atom stereocenters. The summed E-state index contributed by atoms with van der Waals surface area (Å²) in [7, 11) is 0. The summed E-state index contributed by atoms with van der Waals surface area (Å²) in [5.74, 6) is -0.474. The van der Waals surface area contributed by atoms with Gasteiger partial charge in [0.15, 0.2) is 0 Å². The molecule has 0 bridgehead atoms. The van der Waals surface area contributed by atoms with E-state index in [1.807, 2.05) is 64.1 Å². The van der Waals surface area contributed by atoms with E-state index in [0.29, 0.717) is 30.0 Å². The average Bonchev–Trinajstić information content (AvgIpc) is 3.05. The molecule has 0 fully saturated rings. The molecule has 0 saturated carbocycles. The van der Waals surface area contributed by atoms with Crippen LogP contribution in [0.3, 0.4) is 0 Å². The van der Waals surface area contributed by atoms with Crippen molar-refractivity contribution in [2.45, 2.75) is 40.7 Å². The van der Waals surface area contributed by atoms with Gasteiger partial charge in [-0.3, -0.25) is 9.59 Å². The molecule has 3 aromatic rings. The summed E-state index contributed by atoms with van der Waals surface area (Å²) in [6.45, 7) is 9.36. The van der Waals surface area contributed by atoms with Crippen molar-refractivity contribution in [3.63, 3.8) is 0 Å². The minimum Gasteiger partial charge on any atom is -0.362 e. The first kappa shape index (κ1) is 21.2. The number of carbonyl (C=O) groups is 2. The first-order valence-corrected chi connectivity index (χ1v) is 11.5. The molecule has 0 aromatic heterocycles. The standard InChI is InChI=1S/C29H28N2O2/c1-18-12-13-24(20(3)16-18)26-27(30-15-14-22-9-5-6-10-23(22)17-30)29(33)31(28(26)32)25-11-7-8-19(2)21(25)4/h5-13,16H,14-15,17H2,1-4H3. The Labute approximate surface area is 195 Å². The van der Waals surface area contributed by atoms with Gasteiger partial charge in [-0.15, -0.1) is 0 Å². The number of rotatable bonds is 3. The monoisotopic (exact) mass is 436 g/mol. The molecule has 5 rings (SSSR count). The number of amides is 2. The summed E-state index contributed by atoms with van der Waals surface area (Å²) in [5, 5.41) is 0. The molecule has 2 heterocycles. The smallest absolute Gasteiger partial charge is 0.282 e. The minimum absolute atomic E-state index is 0.233. The molecule has 33 heavy (non-hydrogen) atoms. The molecule has 166 valence electrons. The fourth-order valence-corrected chi connectivity index (χ4v) is 5.03. The molecule has 0 radical (unpaired) electrons. The van der Waals surface area contributed by atoms with Gasteiger partial charge >= 0.3 is 0 Å². The molecule has 0 unspecified atom stereocenters. The van der Waals surface area contributed by atoms with Crippen LogP contribution in [0, 0.1) is 27.7 Å². The first-order chi connectivity index (χ1) is 15.9. The third kappa shape index (κ3) is 3.46. The highest BCUT2D eigenvalue weighted by atomic mass is 16.2. The van der Waals surface area contributed by atoms with Crippen molar-refractivity contribution in [3.05, 3.63) is 105 Å². The number of hydrogen-bond donors (Lipinski definition) is 0. The number of imide groups is 1. The van der Waals surface area contributed by atoms with Crippen LogP contribution in [0.15, 0.2) is 66.4 Å². The Morgan fingerprint density at radius 1 is 0.758 bits per heavy atom. The van der Waals surface area contributed by atoms with Gasteiger partial charge < -0.3 is 4.90 Å². The van der Waals surface area contributed by atoms with E-state index in [1.54, 1.807) is 0 Å². The van der Waals surface area contributed by atoms with Crippen LogP contribution in [0.2, 0.25) is 0 Å².